The SMILES string of the molecule is COc1c(Cl)c(S(=O)(=O)O)c(OC)c(-c2c(OC)c(OC)c(Cl)c(S(=O)(=O)O)c2OC)c1OC. The van der Waals surface area contributed by atoms with Crippen molar-refractivity contribution in [2.24, 2.45) is 0 Å². The largest absolute Gasteiger partial charge is 0.494 e. The molecule has 0 aliphatic carbocycles. The maximum Gasteiger partial charge on any atom is 0.299 e. The number of hydrogen-bond acceptors (Lipinski definition) is 10. The molecule has 0 saturated carbocycles. The van der Waals surface area contributed by atoms with Gasteiger partial charge in [0.05, 0.1) is 53.8 Å². The Morgan fingerprint density at radius 3 is 0.912 bits per heavy atom. The van der Waals surface area contributed by atoms with Crippen molar-refractivity contribution in [3.63, 3.8) is 0 Å². The number of hydrogen-bond donors (Lipinski definition) is 2. The summed E-state index contributed by atoms with van der Waals surface area (Å²) in [6.07, 6.45) is 0. The molecule has 0 aromatic heterocycles. The van der Waals surface area contributed by atoms with Gasteiger partial charge in [0.2, 0.25) is 0 Å². The molecule has 34 heavy (non-hydrogen) atoms. The molecule has 0 saturated heterocycles. The fourth-order valence-corrected chi connectivity index (χ4v) is 5.88. The van der Waals surface area contributed by atoms with Gasteiger partial charge in [0.15, 0.2) is 44.3 Å². The highest BCUT2D eigenvalue weighted by Crippen LogP contribution is 2.60. The lowest BCUT2D eigenvalue weighted by Crippen LogP contribution is -2.10. The van der Waals surface area contributed by atoms with Crippen molar-refractivity contribution in [1.29, 1.82) is 0 Å². The van der Waals surface area contributed by atoms with E-state index in [1.807, 2.05) is 0 Å². The third-order valence-electron chi connectivity index (χ3n) is 4.52. The van der Waals surface area contributed by atoms with E-state index in [0.29, 0.717) is 0 Å². The summed E-state index contributed by atoms with van der Waals surface area (Å²) in [7, 11) is -3.44. The van der Waals surface area contributed by atoms with Gasteiger partial charge in [-0.15, -0.1) is 0 Å². The van der Waals surface area contributed by atoms with E-state index < -0.39 is 51.6 Å². The summed E-state index contributed by atoms with van der Waals surface area (Å²) < 4.78 is 100. The minimum absolute atomic E-state index is 0.279. The van der Waals surface area contributed by atoms with Gasteiger partial charge in [-0.3, -0.25) is 9.11 Å². The van der Waals surface area contributed by atoms with Gasteiger partial charge < -0.3 is 28.4 Å². The van der Waals surface area contributed by atoms with E-state index in [-0.39, 0.29) is 34.1 Å². The fourth-order valence-electron chi connectivity index (χ4n) is 3.32. The van der Waals surface area contributed by atoms with Crippen molar-refractivity contribution in [3.05, 3.63) is 10.0 Å². The summed E-state index contributed by atoms with van der Waals surface area (Å²) in [6.45, 7) is 0. The first-order valence-corrected chi connectivity index (χ1v) is 12.4. The highest BCUT2D eigenvalue weighted by molar-refractivity contribution is 7.86. The van der Waals surface area contributed by atoms with E-state index in [4.69, 9.17) is 51.6 Å². The topological polar surface area (TPSA) is 164 Å². The van der Waals surface area contributed by atoms with E-state index in [9.17, 15) is 25.9 Å². The fraction of sp³-hybridized carbons (Fsp3) is 0.333. The third-order valence-corrected chi connectivity index (χ3v) is 7.28. The van der Waals surface area contributed by atoms with Gasteiger partial charge in [-0.1, -0.05) is 23.2 Å². The zero-order chi connectivity index (χ0) is 26.2. The first-order valence-electron chi connectivity index (χ1n) is 8.74. The maximum atomic E-state index is 12.2. The summed E-state index contributed by atoms with van der Waals surface area (Å²) in [4.78, 5) is -1.87. The Hall–Kier alpha value is -2.36. The summed E-state index contributed by atoms with van der Waals surface area (Å²) in [6, 6.07) is 0. The van der Waals surface area contributed by atoms with Crippen LogP contribution in [0, 0.1) is 0 Å². The van der Waals surface area contributed by atoms with Crippen molar-refractivity contribution >= 4 is 43.4 Å². The standard InChI is InChI=1S/C18H20Cl2O12S2/c1-27-11-7(13(29-3)17(33(21,22)23)9(19)15(11)31-5)8-12(28-2)16(32-6)10(20)18(14(8)30-4)34(24,25)26/h1-6H3,(H,21,22,23)(H,24,25,26). The Bertz CT molecular complexity index is 1230. The molecule has 0 radical (unpaired) electrons. The van der Waals surface area contributed by atoms with Crippen LogP contribution in [0.5, 0.6) is 34.5 Å². The molecule has 0 fully saturated rings. The van der Waals surface area contributed by atoms with Crippen molar-refractivity contribution in [2.75, 3.05) is 42.7 Å². The van der Waals surface area contributed by atoms with Gasteiger partial charge in [-0.2, -0.15) is 16.8 Å². The van der Waals surface area contributed by atoms with Gasteiger partial charge in [-0.25, -0.2) is 0 Å². The van der Waals surface area contributed by atoms with Crippen molar-refractivity contribution < 1.29 is 54.4 Å². The monoisotopic (exact) mass is 562 g/mol. The van der Waals surface area contributed by atoms with E-state index in [1.165, 1.54) is 14.2 Å². The third kappa shape index (κ3) is 4.48. The molecule has 0 atom stereocenters. The number of ether oxygens (including phenoxy) is 6. The summed E-state index contributed by atoms with van der Waals surface area (Å²) in [5.41, 5.74) is -0.708. The Kier molecular flexibility index (Phi) is 8.28. The summed E-state index contributed by atoms with van der Waals surface area (Å²) >= 11 is 12.4. The number of halogens is 2. The molecule has 2 aromatic carbocycles. The molecule has 0 amide bonds. The highest BCUT2D eigenvalue weighted by atomic mass is 35.5. The van der Waals surface area contributed by atoms with Crippen LogP contribution >= 0.6 is 23.2 Å². The molecular weight excluding hydrogens is 543 g/mol. The highest BCUT2D eigenvalue weighted by Gasteiger charge is 2.39. The predicted octanol–water partition coefficient (Wildman–Crippen LogP) is 3.21. The van der Waals surface area contributed by atoms with Gasteiger partial charge in [-0.05, 0) is 0 Å². The zero-order valence-electron chi connectivity index (χ0n) is 18.5. The molecule has 16 heteroatoms. The zero-order valence-corrected chi connectivity index (χ0v) is 21.7. The summed E-state index contributed by atoms with van der Waals surface area (Å²) in [5, 5.41) is -1.20. The minimum Gasteiger partial charge on any atom is -0.494 e. The lowest BCUT2D eigenvalue weighted by molar-refractivity contribution is 0.338. The predicted molar refractivity (Wildman–Crippen MR) is 121 cm³/mol. The maximum absolute atomic E-state index is 12.2. The first kappa shape index (κ1) is 27.9. The summed E-state index contributed by atoms with van der Waals surface area (Å²) in [5.74, 6) is -2.52. The molecule has 0 aliphatic heterocycles. The van der Waals surface area contributed by atoms with E-state index in [0.717, 1.165) is 28.4 Å². The van der Waals surface area contributed by atoms with E-state index in [1.54, 1.807) is 0 Å². The average Bonchev–Trinajstić information content (AvgIpc) is 2.75. The van der Waals surface area contributed by atoms with Gasteiger partial charge in [0.25, 0.3) is 20.2 Å². The normalized spacial score (nSPS) is 11.7. The molecule has 0 bridgehead atoms. The van der Waals surface area contributed by atoms with Crippen molar-refractivity contribution in [1.82, 2.24) is 0 Å². The second kappa shape index (κ2) is 10.1. The Morgan fingerprint density at radius 1 is 0.500 bits per heavy atom. The van der Waals surface area contributed by atoms with Gasteiger partial charge >= 0.3 is 0 Å². The lowest BCUT2D eigenvalue weighted by atomic mass is 9.99. The lowest BCUT2D eigenvalue weighted by Gasteiger charge is -2.25. The van der Waals surface area contributed by atoms with Crippen LogP contribution in [0.25, 0.3) is 11.1 Å². The van der Waals surface area contributed by atoms with Crippen LogP contribution in [0.4, 0.5) is 0 Å². The Balaban J connectivity index is 3.49. The van der Waals surface area contributed by atoms with E-state index >= 15 is 0 Å². The minimum atomic E-state index is -5.06. The van der Waals surface area contributed by atoms with Crippen LogP contribution in [-0.4, -0.2) is 68.6 Å². The molecule has 2 aromatic rings. The number of methoxy groups -OCH3 is 6. The molecule has 0 spiro atoms. The Morgan fingerprint density at radius 2 is 0.735 bits per heavy atom. The number of rotatable bonds is 9. The van der Waals surface area contributed by atoms with Gasteiger partial charge in [0.1, 0.15) is 10.0 Å². The molecule has 12 nitrogen and oxygen atoms in total. The molecule has 2 N–H and O–H groups in total. The van der Waals surface area contributed by atoms with E-state index in [2.05, 4.69) is 0 Å². The van der Waals surface area contributed by atoms with Crippen LogP contribution in [0.15, 0.2) is 9.79 Å². The van der Waals surface area contributed by atoms with Crippen LogP contribution in [-0.2, 0) is 20.2 Å². The second-order valence-corrected chi connectivity index (χ2v) is 9.66. The second-order valence-electron chi connectivity index (χ2n) is 6.19. The smallest absolute Gasteiger partial charge is 0.299 e. The molecule has 2 rings (SSSR count). The number of benzene rings is 2. The van der Waals surface area contributed by atoms with Gasteiger partial charge in [0, 0.05) is 0 Å². The van der Waals surface area contributed by atoms with Crippen molar-refractivity contribution in [2.45, 2.75) is 9.79 Å². The average molecular weight is 563 g/mol. The quantitative estimate of drug-likeness (QED) is 0.429. The molecule has 0 heterocycles. The van der Waals surface area contributed by atoms with Crippen LogP contribution in [0.1, 0.15) is 0 Å². The Labute approximate surface area is 205 Å². The molecular formula is C18H20Cl2O12S2. The molecule has 0 unspecified atom stereocenters. The van der Waals surface area contributed by atoms with Crippen molar-refractivity contribution in [3.8, 4) is 45.6 Å². The first-order chi connectivity index (χ1) is 15.8. The van der Waals surface area contributed by atoms with Crippen LogP contribution in [0.3, 0.4) is 0 Å². The molecule has 0 aliphatic rings. The molecule has 190 valence electrons. The van der Waals surface area contributed by atoms with Crippen LogP contribution < -0.4 is 28.4 Å². The van der Waals surface area contributed by atoms with Crippen LogP contribution in [0.2, 0.25) is 10.0 Å².